The fraction of sp³-hybridized carbons (Fsp3) is 0. The summed E-state index contributed by atoms with van der Waals surface area (Å²) in [6.45, 7) is 0. The summed E-state index contributed by atoms with van der Waals surface area (Å²) in [5, 5.41) is 11.0. The van der Waals surface area contributed by atoms with Gasteiger partial charge >= 0.3 is 0 Å². The molecular formula is C13H8BrF2N5. The summed E-state index contributed by atoms with van der Waals surface area (Å²) >= 11 is 3.17. The summed E-state index contributed by atoms with van der Waals surface area (Å²) < 4.78 is 29.7. The lowest BCUT2D eigenvalue weighted by molar-refractivity contribution is 0.605. The normalized spacial score (nSPS) is 10.8. The predicted octanol–water partition coefficient (Wildman–Crippen LogP) is 2.95. The van der Waals surface area contributed by atoms with E-state index in [9.17, 15) is 8.78 Å². The van der Waals surface area contributed by atoms with Gasteiger partial charge in [-0.1, -0.05) is 15.9 Å². The molecule has 8 heteroatoms. The topological polar surface area (TPSA) is 69.6 Å². The Labute approximate surface area is 126 Å². The van der Waals surface area contributed by atoms with Crippen LogP contribution in [0.2, 0.25) is 0 Å². The molecule has 3 aromatic rings. The Bertz CT molecular complexity index is 752. The number of tetrazole rings is 1. The van der Waals surface area contributed by atoms with Crippen LogP contribution >= 0.6 is 15.9 Å². The van der Waals surface area contributed by atoms with Crippen LogP contribution in [0.4, 0.5) is 14.5 Å². The average Bonchev–Trinajstić information content (AvgIpc) is 2.87. The second-order valence-electron chi connectivity index (χ2n) is 4.25. The molecule has 0 atom stereocenters. The monoisotopic (exact) mass is 351 g/mol. The molecule has 0 radical (unpaired) electrons. The van der Waals surface area contributed by atoms with Crippen molar-refractivity contribution < 1.29 is 8.78 Å². The van der Waals surface area contributed by atoms with Crippen molar-refractivity contribution in [1.82, 2.24) is 20.2 Å². The molecule has 2 N–H and O–H groups in total. The average molecular weight is 352 g/mol. The van der Waals surface area contributed by atoms with Crippen molar-refractivity contribution in [3.8, 4) is 17.1 Å². The van der Waals surface area contributed by atoms with E-state index < -0.39 is 11.6 Å². The number of aromatic nitrogens is 4. The highest BCUT2D eigenvalue weighted by atomic mass is 79.9. The fourth-order valence-electron chi connectivity index (χ4n) is 1.88. The number of halogens is 3. The zero-order chi connectivity index (χ0) is 15.0. The number of nitrogens with zero attached hydrogens (tertiary/aromatic N) is 4. The third-order valence-electron chi connectivity index (χ3n) is 2.84. The maximum absolute atomic E-state index is 14.0. The highest BCUT2D eigenvalue weighted by Crippen LogP contribution is 2.26. The number of rotatable bonds is 2. The zero-order valence-corrected chi connectivity index (χ0v) is 12.1. The Hall–Kier alpha value is -2.35. The molecule has 0 saturated heterocycles. The van der Waals surface area contributed by atoms with E-state index in [-0.39, 0.29) is 22.8 Å². The van der Waals surface area contributed by atoms with Gasteiger partial charge in [0.2, 0.25) is 0 Å². The van der Waals surface area contributed by atoms with Crippen LogP contribution in [-0.4, -0.2) is 20.2 Å². The third-order valence-corrected chi connectivity index (χ3v) is 3.33. The molecule has 0 bridgehead atoms. The van der Waals surface area contributed by atoms with Gasteiger partial charge in [0, 0.05) is 10.2 Å². The molecule has 0 amide bonds. The van der Waals surface area contributed by atoms with E-state index in [0.717, 1.165) is 10.7 Å². The van der Waals surface area contributed by atoms with Gasteiger partial charge in [0.15, 0.2) is 5.82 Å². The first kappa shape index (κ1) is 13.6. The van der Waals surface area contributed by atoms with Crippen LogP contribution in [-0.2, 0) is 0 Å². The first-order chi connectivity index (χ1) is 10.1. The van der Waals surface area contributed by atoms with Gasteiger partial charge in [0.1, 0.15) is 17.3 Å². The fourth-order valence-corrected chi connectivity index (χ4v) is 2.22. The maximum Gasteiger partial charge on any atom is 0.190 e. The van der Waals surface area contributed by atoms with Gasteiger partial charge < -0.3 is 5.73 Å². The van der Waals surface area contributed by atoms with Gasteiger partial charge in [-0.25, -0.2) is 8.78 Å². The highest BCUT2D eigenvalue weighted by molar-refractivity contribution is 9.10. The Balaban J connectivity index is 2.17. The molecule has 1 aromatic heterocycles. The van der Waals surface area contributed by atoms with Gasteiger partial charge in [-0.05, 0) is 46.8 Å². The van der Waals surface area contributed by atoms with E-state index in [1.807, 2.05) is 0 Å². The van der Waals surface area contributed by atoms with E-state index in [1.54, 1.807) is 6.07 Å². The van der Waals surface area contributed by atoms with Crippen molar-refractivity contribution in [2.75, 3.05) is 5.73 Å². The number of nitrogen functional groups attached to an aromatic ring is 1. The van der Waals surface area contributed by atoms with Gasteiger partial charge in [-0.15, -0.1) is 5.10 Å². The lowest BCUT2D eigenvalue weighted by Gasteiger charge is -2.07. The summed E-state index contributed by atoms with van der Waals surface area (Å²) in [6, 6.07) is 8.54. The van der Waals surface area contributed by atoms with Crippen LogP contribution in [0.3, 0.4) is 0 Å². The van der Waals surface area contributed by atoms with Crippen molar-refractivity contribution in [3.05, 3.63) is 52.5 Å². The van der Waals surface area contributed by atoms with Crippen LogP contribution in [0.1, 0.15) is 0 Å². The standard InChI is InChI=1S/C13H8BrF2N5/c14-7-1-4-12(11(16)5-7)21-13(18-19-20-21)9-3-2-8(17)6-10(9)15/h1-6H,17H2. The third kappa shape index (κ3) is 2.49. The van der Waals surface area contributed by atoms with E-state index in [1.165, 1.54) is 24.3 Å². The molecule has 3 rings (SSSR count). The Kier molecular flexibility index (Phi) is 3.38. The van der Waals surface area contributed by atoms with Crippen molar-refractivity contribution in [2.45, 2.75) is 0 Å². The quantitative estimate of drug-likeness (QED) is 0.720. The molecule has 21 heavy (non-hydrogen) atoms. The van der Waals surface area contributed by atoms with Gasteiger partial charge in [-0.2, -0.15) is 4.68 Å². The Morgan fingerprint density at radius 2 is 1.86 bits per heavy atom. The molecule has 0 aliphatic rings. The van der Waals surface area contributed by atoms with Crippen LogP contribution in [0.15, 0.2) is 40.9 Å². The first-order valence-corrected chi connectivity index (χ1v) is 6.65. The summed E-state index contributed by atoms with van der Waals surface area (Å²) in [7, 11) is 0. The number of hydrogen-bond acceptors (Lipinski definition) is 4. The minimum absolute atomic E-state index is 0.0914. The van der Waals surface area contributed by atoms with E-state index in [4.69, 9.17) is 5.73 Å². The van der Waals surface area contributed by atoms with Crippen molar-refractivity contribution in [1.29, 1.82) is 0 Å². The molecule has 2 aromatic carbocycles. The van der Waals surface area contributed by atoms with E-state index in [2.05, 4.69) is 31.5 Å². The number of anilines is 1. The van der Waals surface area contributed by atoms with Crippen molar-refractivity contribution in [3.63, 3.8) is 0 Å². The van der Waals surface area contributed by atoms with E-state index >= 15 is 0 Å². The molecule has 0 aliphatic heterocycles. The van der Waals surface area contributed by atoms with Crippen molar-refractivity contribution >= 4 is 21.6 Å². The van der Waals surface area contributed by atoms with Crippen LogP contribution in [0, 0.1) is 11.6 Å². The molecule has 0 spiro atoms. The maximum atomic E-state index is 14.0. The highest BCUT2D eigenvalue weighted by Gasteiger charge is 2.17. The zero-order valence-electron chi connectivity index (χ0n) is 10.5. The molecule has 0 saturated carbocycles. The van der Waals surface area contributed by atoms with Crippen LogP contribution in [0.5, 0.6) is 0 Å². The molecule has 5 nitrogen and oxygen atoms in total. The minimum atomic E-state index is -0.580. The Morgan fingerprint density at radius 3 is 2.57 bits per heavy atom. The lowest BCUT2D eigenvalue weighted by Crippen LogP contribution is -2.03. The smallest absolute Gasteiger partial charge is 0.190 e. The SMILES string of the molecule is Nc1ccc(-c2nnnn2-c2ccc(Br)cc2F)c(F)c1. The predicted molar refractivity (Wildman–Crippen MR) is 76.6 cm³/mol. The van der Waals surface area contributed by atoms with Gasteiger partial charge in [0.05, 0.1) is 5.56 Å². The number of nitrogens with two attached hydrogens (primary N) is 1. The van der Waals surface area contributed by atoms with E-state index in [0.29, 0.717) is 4.47 Å². The molecular weight excluding hydrogens is 344 g/mol. The summed E-state index contributed by atoms with van der Waals surface area (Å²) in [6.07, 6.45) is 0. The number of benzene rings is 2. The first-order valence-electron chi connectivity index (χ1n) is 5.85. The summed E-state index contributed by atoms with van der Waals surface area (Å²) in [4.78, 5) is 0. The molecule has 106 valence electrons. The second kappa shape index (κ2) is 5.21. The van der Waals surface area contributed by atoms with Crippen molar-refractivity contribution in [2.24, 2.45) is 0 Å². The molecule has 1 heterocycles. The molecule has 0 unspecified atom stereocenters. The number of hydrogen-bond donors (Lipinski definition) is 1. The summed E-state index contributed by atoms with van der Waals surface area (Å²) in [5.41, 5.74) is 6.05. The van der Waals surface area contributed by atoms with Crippen LogP contribution in [0.25, 0.3) is 17.1 Å². The molecule has 0 aliphatic carbocycles. The van der Waals surface area contributed by atoms with Gasteiger partial charge in [-0.3, -0.25) is 0 Å². The Morgan fingerprint density at radius 1 is 1.05 bits per heavy atom. The molecule has 0 fully saturated rings. The van der Waals surface area contributed by atoms with Crippen LogP contribution < -0.4 is 5.73 Å². The second-order valence-corrected chi connectivity index (χ2v) is 5.16. The summed E-state index contributed by atoms with van der Waals surface area (Å²) in [5.74, 6) is -1.02. The lowest BCUT2D eigenvalue weighted by atomic mass is 10.1. The van der Waals surface area contributed by atoms with Gasteiger partial charge in [0.25, 0.3) is 0 Å². The minimum Gasteiger partial charge on any atom is -0.399 e. The largest absolute Gasteiger partial charge is 0.399 e.